The molecular weight excluding hydrogens is 157 g/mol. The Balaban J connectivity index is 3.95. The zero-order valence-electron chi connectivity index (χ0n) is 7.65. The zero-order valence-corrected chi connectivity index (χ0v) is 7.65. The first kappa shape index (κ1) is 11.0. The quantitative estimate of drug-likeness (QED) is 0.636. The molecule has 1 amide bonds. The van der Waals surface area contributed by atoms with Crippen LogP contribution in [0.2, 0.25) is 0 Å². The van der Waals surface area contributed by atoms with Gasteiger partial charge in [0.2, 0.25) is 0 Å². The van der Waals surface area contributed by atoms with E-state index in [1.165, 1.54) is 13.8 Å². The fourth-order valence-corrected chi connectivity index (χ4v) is 0.623. The standard InChI is InChI=1S/C9H14FNO/c1-5-6-7(2)11-8(12)9(3,4)10/h1,7H,6H2,2-4H3,(H,11,12). The van der Waals surface area contributed by atoms with Crippen molar-refractivity contribution in [1.29, 1.82) is 0 Å². The molecule has 0 aromatic carbocycles. The summed E-state index contributed by atoms with van der Waals surface area (Å²) in [7, 11) is 0. The summed E-state index contributed by atoms with van der Waals surface area (Å²) in [5, 5.41) is 2.46. The Morgan fingerprint density at radius 3 is 2.58 bits per heavy atom. The molecule has 3 heteroatoms. The molecule has 0 saturated carbocycles. The molecule has 0 bridgehead atoms. The summed E-state index contributed by atoms with van der Waals surface area (Å²) in [5.74, 6) is 1.77. The molecular formula is C9H14FNO. The van der Waals surface area contributed by atoms with E-state index in [0.717, 1.165) is 0 Å². The van der Waals surface area contributed by atoms with Crippen molar-refractivity contribution in [3.63, 3.8) is 0 Å². The summed E-state index contributed by atoms with van der Waals surface area (Å²) in [5.41, 5.74) is -1.83. The Hall–Kier alpha value is -1.04. The molecule has 0 fully saturated rings. The molecule has 0 aliphatic rings. The summed E-state index contributed by atoms with van der Waals surface area (Å²) in [6.07, 6.45) is 5.44. The lowest BCUT2D eigenvalue weighted by molar-refractivity contribution is -0.131. The minimum atomic E-state index is -1.83. The summed E-state index contributed by atoms with van der Waals surface area (Å²) in [4.78, 5) is 11.0. The van der Waals surface area contributed by atoms with Crippen LogP contribution in [0, 0.1) is 12.3 Å². The molecule has 0 aromatic rings. The Bertz CT molecular complexity index is 200. The molecule has 0 aromatic heterocycles. The number of terminal acetylenes is 1. The molecule has 0 aliphatic carbocycles. The molecule has 0 radical (unpaired) electrons. The molecule has 2 nitrogen and oxygen atoms in total. The number of carbonyl (C=O) groups excluding carboxylic acids is 1. The first-order valence-electron chi connectivity index (χ1n) is 3.81. The number of hydrogen-bond donors (Lipinski definition) is 1. The minimum absolute atomic E-state index is 0.169. The molecule has 1 atom stereocenters. The predicted octanol–water partition coefficient (Wildman–Crippen LogP) is 1.26. The van der Waals surface area contributed by atoms with Gasteiger partial charge in [0.1, 0.15) is 0 Å². The van der Waals surface area contributed by atoms with E-state index in [4.69, 9.17) is 6.42 Å². The van der Waals surface area contributed by atoms with Gasteiger partial charge in [-0.1, -0.05) is 0 Å². The number of carbonyl (C=O) groups is 1. The van der Waals surface area contributed by atoms with Gasteiger partial charge < -0.3 is 5.32 Å². The second-order valence-electron chi connectivity index (χ2n) is 3.26. The van der Waals surface area contributed by atoms with Crippen molar-refractivity contribution >= 4 is 5.91 Å². The van der Waals surface area contributed by atoms with Gasteiger partial charge in [-0.25, -0.2) is 4.39 Å². The van der Waals surface area contributed by atoms with Gasteiger partial charge in [0, 0.05) is 12.5 Å². The van der Waals surface area contributed by atoms with Crippen molar-refractivity contribution in [3.8, 4) is 12.3 Å². The molecule has 68 valence electrons. The maximum atomic E-state index is 12.9. The SMILES string of the molecule is C#CCC(C)NC(=O)C(C)(C)F. The Kier molecular flexibility index (Phi) is 3.75. The van der Waals surface area contributed by atoms with Gasteiger partial charge in [-0.05, 0) is 20.8 Å². The molecule has 12 heavy (non-hydrogen) atoms. The third-order valence-corrected chi connectivity index (χ3v) is 1.34. The normalized spacial score (nSPS) is 13.2. The Labute approximate surface area is 72.5 Å². The third-order valence-electron chi connectivity index (χ3n) is 1.34. The number of nitrogens with one attached hydrogen (secondary N) is 1. The monoisotopic (exact) mass is 171 g/mol. The van der Waals surface area contributed by atoms with Gasteiger partial charge in [0.05, 0.1) is 0 Å². The van der Waals surface area contributed by atoms with E-state index in [1.54, 1.807) is 6.92 Å². The van der Waals surface area contributed by atoms with E-state index < -0.39 is 11.6 Å². The second kappa shape index (κ2) is 4.10. The van der Waals surface area contributed by atoms with E-state index in [2.05, 4.69) is 11.2 Å². The van der Waals surface area contributed by atoms with E-state index >= 15 is 0 Å². The van der Waals surface area contributed by atoms with Crippen LogP contribution in [0.3, 0.4) is 0 Å². The molecule has 0 saturated heterocycles. The third kappa shape index (κ3) is 3.97. The predicted molar refractivity (Wildman–Crippen MR) is 46.2 cm³/mol. The maximum absolute atomic E-state index is 12.9. The smallest absolute Gasteiger partial charge is 0.257 e. The van der Waals surface area contributed by atoms with Gasteiger partial charge in [-0.2, -0.15) is 0 Å². The molecule has 0 aliphatic heterocycles. The first-order chi connectivity index (χ1) is 5.38. The van der Waals surface area contributed by atoms with Crippen LogP contribution in [0.1, 0.15) is 27.2 Å². The number of alkyl halides is 1. The lowest BCUT2D eigenvalue weighted by atomic mass is 10.1. The highest BCUT2D eigenvalue weighted by atomic mass is 19.1. The maximum Gasteiger partial charge on any atom is 0.257 e. The number of amides is 1. The van der Waals surface area contributed by atoms with Crippen LogP contribution >= 0.6 is 0 Å². The van der Waals surface area contributed by atoms with Gasteiger partial charge >= 0.3 is 0 Å². The molecule has 1 unspecified atom stereocenters. The van der Waals surface area contributed by atoms with Gasteiger partial charge in [-0.15, -0.1) is 12.3 Å². The Morgan fingerprint density at radius 1 is 1.75 bits per heavy atom. The average Bonchev–Trinajstić information content (AvgIpc) is 1.85. The summed E-state index contributed by atoms with van der Waals surface area (Å²) in [6, 6.07) is -0.169. The van der Waals surface area contributed by atoms with Crippen molar-refractivity contribution in [2.24, 2.45) is 0 Å². The largest absolute Gasteiger partial charge is 0.350 e. The highest BCUT2D eigenvalue weighted by Crippen LogP contribution is 2.08. The van der Waals surface area contributed by atoms with Crippen molar-refractivity contribution in [1.82, 2.24) is 5.32 Å². The number of rotatable bonds is 3. The van der Waals surface area contributed by atoms with E-state index in [0.29, 0.717) is 6.42 Å². The van der Waals surface area contributed by atoms with Crippen molar-refractivity contribution in [2.45, 2.75) is 38.9 Å². The summed E-state index contributed by atoms with van der Waals surface area (Å²) < 4.78 is 12.9. The van der Waals surface area contributed by atoms with Crippen molar-refractivity contribution in [2.75, 3.05) is 0 Å². The van der Waals surface area contributed by atoms with Crippen LogP contribution in [0.4, 0.5) is 4.39 Å². The molecule has 0 rings (SSSR count). The zero-order chi connectivity index (χ0) is 9.78. The summed E-state index contributed by atoms with van der Waals surface area (Å²) in [6.45, 7) is 4.17. The second-order valence-corrected chi connectivity index (χ2v) is 3.26. The van der Waals surface area contributed by atoms with Crippen LogP contribution in [0.25, 0.3) is 0 Å². The van der Waals surface area contributed by atoms with Crippen molar-refractivity contribution in [3.05, 3.63) is 0 Å². The van der Waals surface area contributed by atoms with E-state index in [-0.39, 0.29) is 6.04 Å². The fraction of sp³-hybridized carbons (Fsp3) is 0.667. The van der Waals surface area contributed by atoms with Crippen LogP contribution in [-0.4, -0.2) is 17.6 Å². The minimum Gasteiger partial charge on any atom is -0.350 e. The highest BCUT2D eigenvalue weighted by Gasteiger charge is 2.27. The van der Waals surface area contributed by atoms with Gasteiger partial charge in [0.25, 0.3) is 5.91 Å². The topological polar surface area (TPSA) is 29.1 Å². The van der Waals surface area contributed by atoms with Crippen LogP contribution in [0.15, 0.2) is 0 Å². The van der Waals surface area contributed by atoms with E-state index in [1.807, 2.05) is 0 Å². The van der Waals surface area contributed by atoms with E-state index in [9.17, 15) is 9.18 Å². The number of halogens is 1. The Morgan fingerprint density at radius 2 is 2.25 bits per heavy atom. The average molecular weight is 171 g/mol. The highest BCUT2D eigenvalue weighted by molar-refractivity contribution is 5.84. The first-order valence-corrected chi connectivity index (χ1v) is 3.81. The van der Waals surface area contributed by atoms with Crippen LogP contribution in [-0.2, 0) is 4.79 Å². The van der Waals surface area contributed by atoms with Crippen LogP contribution < -0.4 is 5.32 Å². The van der Waals surface area contributed by atoms with Gasteiger partial charge in [0.15, 0.2) is 5.67 Å². The van der Waals surface area contributed by atoms with Gasteiger partial charge in [-0.3, -0.25) is 4.79 Å². The van der Waals surface area contributed by atoms with Crippen molar-refractivity contribution < 1.29 is 9.18 Å². The summed E-state index contributed by atoms with van der Waals surface area (Å²) >= 11 is 0. The number of hydrogen-bond acceptors (Lipinski definition) is 1. The lowest BCUT2D eigenvalue weighted by Crippen LogP contribution is -2.43. The fourth-order valence-electron chi connectivity index (χ4n) is 0.623. The molecule has 1 N–H and O–H groups in total. The van der Waals surface area contributed by atoms with Crippen LogP contribution in [0.5, 0.6) is 0 Å². The molecule has 0 spiro atoms. The lowest BCUT2D eigenvalue weighted by Gasteiger charge is -2.17. The molecule has 0 heterocycles.